The summed E-state index contributed by atoms with van der Waals surface area (Å²) < 4.78 is 28.2. The highest BCUT2D eigenvalue weighted by molar-refractivity contribution is 5.82. The van der Waals surface area contributed by atoms with Gasteiger partial charge < -0.3 is 15.1 Å². The minimum absolute atomic E-state index is 0.0752. The number of carbonyl (C=O) groups is 1. The van der Waals surface area contributed by atoms with Crippen LogP contribution in [-0.4, -0.2) is 48.6 Å². The van der Waals surface area contributed by atoms with Crippen LogP contribution in [0.25, 0.3) is 5.57 Å². The van der Waals surface area contributed by atoms with E-state index < -0.39 is 11.6 Å². The van der Waals surface area contributed by atoms with E-state index in [0.717, 1.165) is 43.6 Å². The van der Waals surface area contributed by atoms with Crippen molar-refractivity contribution >= 4 is 11.6 Å². The molecule has 0 saturated carbocycles. The Morgan fingerprint density at radius 1 is 1.10 bits per heavy atom. The summed E-state index contributed by atoms with van der Waals surface area (Å²) in [7, 11) is 1.85. The van der Waals surface area contributed by atoms with E-state index in [1.54, 1.807) is 4.90 Å². The summed E-state index contributed by atoms with van der Waals surface area (Å²) in [5.41, 5.74) is 1.81. The molecule has 0 spiro atoms. The summed E-state index contributed by atoms with van der Waals surface area (Å²) in [6, 6.07) is 13.0. The molecule has 29 heavy (non-hydrogen) atoms. The van der Waals surface area contributed by atoms with Gasteiger partial charge in [-0.2, -0.15) is 0 Å². The van der Waals surface area contributed by atoms with Gasteiger partial charge in [0.1, 0.15) is 11.6 Å². The second-order valence-electron chi connectivity index (χ2n) is 7.79. The van der Waals surface area contributed by atoms with E-state index in [9.17, 15) is 13.6 Å². The van der Waals surface area contributed by atoms with Crippen molar-refractivity contribution in [2.45, 2.75) is 24.9 Å². The van der Waals surface area contributed by atoms with Gasteiger partial charge in [0.25, 0.3) is 0 Å². The number of quaternary nitrogens is 1. The average molecular weight is 398 g/mol. The quantitative estimate of drug-likeness (QED) is 0.848. The van der Waals surface area contributed by atoms with Gasteiger partial charge in [0.15, 0.2) is 0 Å². The summed E-state index contributed by atoms with van der Waals surface area (Å²) in [6.07, 6.45) is 3.81. The molecule has 152 valence electrons. The molecule has 2 N–H and O–H groups in total. The first-order valence-corrected chi connectivity index (χ1v) is 10.1. The number of amides is 2. The van der Waals surface area contributed by atoms with Gasteiger partial charge >= 0.3 is 6.03 Å². The normalized spacial score (nSPS) is 19.9. The molecule has 2 heterocycles. The van der Waals surface area contributed by atoms with Gasteiger partial charge in [0.05, 0.1) is 19.1 Å². The molecule has 2 aromatic carbocycles. The Hall–Kier alpha value is -2.73. The maximum absolute atomic E-state index is 14.4. The first kappa shape index (κ1) is 19.6. The lowest BCUT2D eigenvalue weighted by Crippen LogP contribution is -2.87. The summed E-state index contributed by atoms with van der Waals surface area (Å²) in [5, 5.41) is 2.27. The predicted molar refractivity (Wildman–Crippen MR) is 108 cm³/mol. The van der Waals surface area contributed by atoms with Gasteiger partial charge in [0.2, 0.25) is 0 Å². The molecule has 1 atom stereocenters. The largest absolute Gasteiger partial charge is 0.346 e. The van der Waals surface area contributed by atoms with E-state index >= 15 is 0 Å². The van der Waals surface area contributed by atoms with Crippen LogP contribution in [0, 0.1) is 11.6 Å². The standard InChI is InChI=1S/C23H25F2N3O/c1-27(19-9-11-26-12-10-19)23(29)28-15-17(20-14-18(24)7-8-21(20)25)13-22(28)16-5-3-2-4-6-16/h2-8,13-14,19,22,26H,9-12,15H2,1H3/p+1/t22-/m0/s1. The molecular formula is C23H26F2N3O+. The van der Waals surface area contributed by atoms with Crippen LogP contribution in [0.1, 0.15) is 30.0 Å². The minimum atomic E-state index is -0.487. The third kappa shape index (κ3) is 4.03. The molecule has 1 fully saturated rings. The maximum atomic E-state index is 14.4. The Balaban J connectivity index is 1.65. The number of piperidine rings is 1. The van der Waals surface area contributed by atoms with Gasteiger partial charge in [-0.25, -0.2) is 13.6 Å². The molecule has 0 radical (unpaired) electrons. The van der Waals surface area contributed by atoms with E-state index in [-0.39, 0.29) is 30.2 Å². The highest BCUT2D eigenvalue weighted by Gasteiger charge is 2.35. The number of hydrogen-bond acceptors (Lipinski definition) is 1. The lowest BCUT2D eigenvalue weighted by molar-refractivity contribution is -0.663. The van der Waals surface area contributed by atoms with Gasteiger partial charge in [0, 0.05) is 38.0 Å². The first-order valence-electron chi connectivity index (χ1n) is 10.1. The van der Waals surface area contributed by atoms with Crippen molar-refractivity contribution in [3.8, 4) is 0 Å². The third-order valence-electron chi connectivity index (χ3n) is 5.95. The summed E-state index contributed by atoms with van der Waals surface area (Å²) in [4.78, 5) is 17.0. The summed E-state index contributed by atoms with van der Waals surface area (Å²) in [5.74, 6) is -0.964. The lowest BCUT2D eigenvalue weighted by atomic mass is 10.0. The molecule has 0 aromatic heterocycles. The van der Waals surface area contributed by atoms with Gasteiger partial charge in [-0.3, -0.25) is 0 Å². The van der Waals surface area contributed by atoms with Gasteiger partial charge in [-0.1, -0.05) is 36.4 Å². The van der Waals surface area contributed by atoms with E-state index in [0.29, 0.717) is 5.57 Å². The number of nitrogens with two attached hydrogens (primary N) is 1. The number of halogens is 2. The number of carbonyl (C=O) groups excluding carboxylic acids is 1. The number of urea groups is 1. The SMILES string of the molecule is CN(C(=O)N1CC(c2cc(F)ccc2F)=C[C@H]1c1ccccc1)C1CC[NH2+]CC1. The zero-order valence-corrected chi connectivity index (χ0v) is 16.5. The highest BCUT2D eigenvalue weighted by atomic mass is 19.1. The molecule has 0 unspecified atom stereocenters. The molecule has 4 rings (SSSR count). The Morgan fingerprint density at radius 2 is 1.83 bits per heavy atom. The molecule has 2 amide bonds. The first-order chi connectivity index (χ1) is 14.0. The number of nitrogens with zero attached hydrogens (tertiary/aromatic N) is 2. The monoisotopic (exact) mass is 398 g/mol. The van der Waals surface area contributed by atoms with Crippen molar-refractivity contribution < 1.29 is 18.9 Å². The second kappa shape index (κ2) is 8.33. The summed E-state index contributed by atoms with van der Waals surface area (Å²) >= 11 is 0. The molecule has 4 nitrogen and oxygen atoms in total. The van der Waals surface area contributed by atoms with Crippen LogP contribution in [0.5, 0.6) is 0 Å². The molecule has 0 bridgehead atoms. The Labute approximate surface area is 169 Å². The van der Waals surface area contributed by atoms with E-state index in [1.807, 2.05) is 48.4 Å². The molecule has 0 aliphatic carbocycles. The Bertz CT molecular complexity index is 910. The van der Waals surface area contributed by atoms with Gasteiger partial charge in [-0.15, -0.1) is 0 Å². The van der Waals surface area contributed by atoms with E-state index in [1.165, 1.54) is 6.07 Å². The summed E-state index contributed by atoms with van der Waals surface area (Å²) in [6.45, 7) is 2.28. The molecule has 2 aromatic rings. The van der Waals surface area contributed by atoms with E-state index in [4.69, 9.17) is 0 Å². The molecular weight excluding hydrogens is 372 g/mol. The fourth-order valence-corrected chi connectivity index (χ4v) is 4.30. The fraction of sp³-hybridized carbons (Fsp3) is 0.348. The van der Waals surface area contributed by atoms with Crippen LogP contribution < -0.4 is 5.32 Å². The van der Waals surface area contributed by atoms with Crippen LogP contribution >= 0.6 is 0 Å². The van der Waals surface area contributed by atoms with Crippen LogP contribution in [0.3, 0.4) is 0 Å². The highest BCUT2D eigenvalue weighted by Crippen LogP contribution is 2.36. The van der Waals surface area contributed by atoms with Crippen LogP contribution in [-0.2, 0) is 0 Å². The van der Waals surface area contributed by atoms with Gasteiger partial charge in [-0.05, 0) is 29.3 Å². The van der Waals surface area contributed by atoms with Crippen molar-refractivity contribution in [1.29, 1.82) is 0 Å². The fourth-order valence-electron chi connectivity index (χ4n) is 4.30. The number of benzene rings is 2. The van der Waals surface area contributed by atoms with Crippen molar-refractivity contribution in [2.24, 2.45) is 0 Å². The topological polar surface area (TPSA) is 40.2 Å². The smallest absolute Gasteiger partial charge is 0.321 e. The maximum Gasteiger partial charge on any atom is 0.321 e. The zero-order chi connectivity index (χ0) is 20.4. The van der Waals surface area contributed by atoms with E-state index in [2.05, 4.69) is 5.32 Å². The lowest BCUT2D eigenvalue weighted by Gasteiger charge is -2.35. The van der Waals surface area contributed by atoms with Crippen molar-refractivity contribution in [3.05, 3.63) is 77.4 Å². The van der Waals surface area contributed by atoms with Crippen molar-refractivity contribution in [1.82, 2.24) is 9.80 Å². The zero-order valence-electron chi connectivity index (χ0n) is 16.5. The molecule has 6 heteroatoms. The molecule has 1 saturated heterocycles. The van der Waals surface area contributed by atoms with Crippen molar-refractivity contribution in [3.63, 3.8) is 0 Å². The third-order valence-corrected chi connectivity index (χ3v) is 5.95. The molecule has 2 aliphatic heterocycles. The second-order valence-corrected chi connectivity index (χ2v) is 7.79. The Morgan fingerprint density at radius 3 is 2.55 bits per heavy atom. The Kier molecular flexibility index (Phi) is 5.62. The average Bonchev–Trinajstić information content (AvgIpc) is 3.21. The predicted octanol–water partition coefficient (Wildman–Crippen LogP) is 3.18. The van der Waals surface area contributed by atoms with Crippen LogP contribution in [0.4, 0.5) is 13.6 Å². The van der Waals surface area contributed by atoms with Crippen LogP contribution in [0.15, 0.2) is 54.6 Å². The van der Waals surface area contributed by atoms with Crippen molar-refractivity contribution in [2.75, 3.05) is 26.7 Å². The minimum Gasteiger partial charge on any atom is -0.346 e. The molecule has 2 aliphatic rings. The van der Waals surface area contributed by atoms with Crippen LogP contribution in [0.2, 0.25) is 0 Å². The number of hydrogen-bond donors (Lipinski definition) is 1. The number of rotatable bonds is 3.